The molecule has 10 nitrogen and oxygen atoms in total. The second-order valence-corrected chi connectivity index (χ2v) is 15.4. The van der Waals surface area contributed by atoms with Gasteiger partial charge in [0.15, 0.2) is 12.4 Å². The van der Waals surface area contributed by atoms with Crippen molar-refractivity contribution in [3.05, 3.63) is 47.0 Å². The first-order chi connectivity index (χ1) is 22.9. The number of allylic oxidation sites excluding steroid dienone is 1. The van der Waals surface area contributed by atoms with Crippen molar-refractivity contribution in [1.82, 2.24) is 9.80 Å². The summed E-state index contributed by atoms with van der Waals surface area (Å²) in [6.07, 6.45) is 6.18. The maximum absolute atomic E-state index is 13.6. The van der Waals surface area contributed by atoms with Gasteiger partial charge in [0.25, 0.3) is 0 Å². The number of hydrogen-bond donors (Lipinski definition) is 2. The van der Waals surface area contributed by atoms with Gasteiger partial charge in [0.2, 0.25) is 5.78 Å². The third-order valence-electron chi connectivity index (χ3n) is 12.9. The Bertz CT molecular complexity index is 1430. The van der Waals surface area contributed by atoms with E-state index in [4.69, 9.17) is 9.47 Å². The van der Waals surface area contributed by atoms with E-state index in [-0.39, 0.29) is 48.1 Å². The Labute approximate surface area is 283 Å². The van der Waals surface area contributed by atoms with E-state index in [0.717, 1.165) is 31.3 Å². The number of nitrogens with zero attached hydrogens (tertiary/aromatic N) is 2. The molecule has 1 saturated heterocycles. The van der Waals surface area contributed by atoms with Crippen molar-refractivity contribution < 1.29 is 38.9 Å². The molecule has 0 spiro atoms. The summed E-state index contributed by atoms with van der Waals surface area (Å²) in [6.45, 7) is 9.37. The fourth-order valence-corrected chi connectivity index (χ4v) is 10.0. The number of carbonyl (C=O) groups is 4. The molecule has 0 radical (unpaired) electrons. The van der Waals surface area contributed by atoms with Gasteiger partial charge in [0.1, 0.15) is 12.2 Å². The van der Waals surface area contributed by atoms with E-state index in [1.807, 2.05) is 24.0 Å². The van der Waals surface area contributed by atoms with Gasteiger partial charge in [-0.3, -0.25) is 24.2 Å². The molecule has 3 unspecified atom stereocenters. The van der Waals surface area contributed by atoms with Gasteiger partial charge in [0, 0.05) is 44.6 Å². The predicted molar refractivity (Wildman–Crippen MR) is 178 cm³/mol. The molecule has 4 aliphatic carbocycles. The van der Waals surface area contributed by atoms with Crippen LogP contribution in [-0.2, 0) is 30.3 Å². The summed E-state index contributed by atoms with van der Waals surface area (Å²) < 4.78 is 10.9. The van der Waals surface area contributed by atoms with Crippen molar-refractivity contribution in [1.29, 1.82) is 0 Å². The molecule has 7 atom stereocenters. The zero-order chi connectivity index (χ0) is 34.3. The van der Waals surface area contributed by atoms with Crippen molar-refractivity contribution in [3.8, 4) is 0 Å². The summed E-state index contributed by atoms with van der Waals surface area (Å²) in [5.41, 5.74) is 0.137. The van der Waals surface area contributed by atoms with Crippen molar-refractivity contribution in [2.24, 2.45) is 28.6 Å². The lowest BCUT2D eigenvalue weighted by Gasteiger charge is -2.60. The number of ether oxygens (including phenoxy) is 2. The lowest BCUT2D eigenvalue weighted by atomic mass is 9.45. The second-order valence-electron chi connectivity index (χ2n) is 15.4. The van der Waals surface area contributed by atoms with Gasteiger partial charge in [-0.2, -0.15) is 0 Å². The molecular formula is C38H52N2O8. The number of aliphatic hydroxyl groups excluding tert-OH is 1. The topological polar surface area (TPSA) is 134 Å². The number of fused-ring (bicyclic) bond motifs is 5. The summed E-state index contributed by atoms with van der Waals surface area (Å²) in [7, 11) is 0. The lowest BCUT2D eigenvalue weighted by molar-refractivity contribution is -0.184. The second kappa shape index (κ2) is 13.8. The fraction of sp³-hybridized carbons (Fsp3) is 0.684. The Morgan fingerprint density at radius 2 is 1.67 bits per heavy atom. The summed E-state index contributed by atoms with van der Waals surface area (Å²) in [4.78, 5) is 55.1. The van der Waals surface area contributed by atoms with Gasteiger partial charge in [-0.1, -0.05) is 38.5 Å². The highest BCUT2D eigenvalue weighted by molar-refractivity contribution is 5.92. The number of aliphatic hydroxyl groups is 2. The van der Waals surface area contributed by atoms with E-state index >= 15 is 0 Å². The smallest absolute Gasteiger partial charge is 0.338 e. The lowest BCUT2D eigenvalue weighted by Crippen LogP contribution is -2.62. The first-order valence-electron chi connectivity index (χ1n) is 17.9. The first-order valence-corrected chi connectivity index (χ1v) is 17.9. The van der Waals surface area contributed by atoms with E-state index < -0.39 is 35.5 Å². The van der Waals surface area contributed by atoms with Crippen LogP contribution in [0.4, 0.5) is 0 Å². The molecule has 1 aromatic rings. The molecule has 1 aromatic carbocycles. The number of aryl methyl sites for hydroxylation is 1. The normalized spacial score (nSPS) is 35.2. The van der Waals surface area contributed by atoms with Gasteiger partial charge in [-0.05, 0) is 91.9 Å². The van der Waals surface area contributed by atoms with Crippen LogP contribution < -0.4 is 0 Å². The maximum atomic E-state index is 13.6. The molecule has 0 amide bonds. The van der Waals surface area contributed by atoms with E-state index in [0.29, 0.717) is 64.0 Å². The minimum atomic E-state index is -1.67. The number of rotatable bonds is 10. The average molecular weight is 665 g/mol. The third kappa shape index (κ3) is 6.41. The number of piperazine rings is 1. The summed E-state index contributed by atoms with van der Waals surface area (Å²) in [5, 5.41) is 23.6. The van der Waals surface area contributed by atoms with Gasteiger partial charge in [0.05, 0.1) is 18.2 Å². The zero-order valence-corrected chi connectivity index (χ0v) is 28.7. The molecule has 48 heavy (non-hydrogen) atoms. The van der Waals surface area contributed by atoms with Crippen LogP contribution in [-0.4, -0.2) is 108 Å². The van der Waals surface area contributed by atoms with E-state index in [1.165, 1.54) is 5.56 Å². The summed E-state index contributed by atoms with van der Waals surface area (Å²) in [6, 6.07) is 7.45. The molecule has 262 valence electrons. The maximum Gasteiger partial charge on any atom is 0.338 e. The van der Waals surface area contributed by atoms with Crippen molar-refractivity contribution in [2.45, 2.75) is 83.8 Å². The number of Topliss-reactive ketones (excluding diaryl/α,β-unsaturated/α-hetero) is 1. The standard InChI is InChI=1S/C38H52N2O8/c1-4-25-5-7-26(8-6-25)35(45)47-20-19-39-15-17-40(18-16-39)23-33(44)48-24-32(43)38(46)14-12-30-29-10-9-27-21-28(41)11-13-36(27,2)34(29)31(42)22-37(30,38)3/h5-8,21,29-31,34,42,46H,4,9-20,22-24H2,1-3H3/t29?,30?,31-,34?,36-,37-,38-/m0/s1. The molecule has 6 rings (SSSR count). The Morgan fingerprint density at radius 3 is 2.38 bits per heavy atom. The molecule has 0 aromatic heterocycles. The van der Waals surface area contributed by atoms with Gasteiger partial charge >= 0.3 is 11.9 Å². The SMILES string of the molecule is CCc1ccc(C(=O)OCCN2CCN(CC(=O)OCC(=O)[C@@]3(O)CCC4C5CCC6=CC(=O)CC[C@]6(C)C5[C@@H](O)C[C@@]43C)CC2)cc1. The number of benzene rings is 1. The number of esters is 2. The van der Waals surface area contributed by atoms with Gasteiger partial charge in [-0.15, -0.1) is 0 Å². The predicted octanol–water partition coefficient (Wildman–Crippen LogP) is 3.37. The number of carbonyl (C=O) groups excluding carboxylic acids is 4. The highest BCUT2D eigenvalue weighted by Crippen LogP contribution is 2.67. The minimum absolute atomic E-state index is 0.00196. The quantitative estimate of drug-likeness (QED) is 0.359. The fourth-order valence-electron chi connectivity index (χ4n) is 10.0. The average Bonchev–Trinajstić information content (AvgIpc) is 3.34. The minimum Gasteiger partial charge on any atom is -0.461 e. The molecule has 3 saturated carbocycles. The molecule has 0 bridgehead atoms. The largest absolute Gasteiger partial charge is 0.461 e. The van der Waals surface area contributed by atoms with Crippen molar-refractivity contribution in [2.75, 3.05) is 52.5 Å². The summed E-state index contributed by atoms with van der Waals surface area (Å²) >= 11 is 0. The third-order valence-corrected chi connectivity index (χ3v) is 12.9. The molecule has 5 aliphatic rings. The van der Waals surface area contributed by atoms with Crippen LogP contribution in [0.5, 0.6) is 0 Å². The number of ketones is 2. The van der Waals surface area contributed by atoms with Crippen molar-refractivity contribution in [3.63, 3.8) is 0 Å². The van der Waals surface area contributed by atoms with Gasteiger partial charge < -0.3 is 19.7 Å². The number of hydrogen-bond acceptors (Lipinski definition) is 10. The molecule has 2 N–H and O–H groups in total. The van der Waals surface area contributed by atoms with Crippen LogP contribution in [0.2, 0.25) is 0 Å². The Balaban J connectivity index is 0.953. The van der Waals surface area contributed by atoms with Crippen LogP contribution in [0, 0.1) is 28.6 Å². The van der Waals surface area contributed by atoms with Gasteiger partial charge in [-0.25, -0.2) is 4.79 Å². The highest BCUT2D eigenvalue weighted by atomic mass is 16.5. The Morgan fingerprint density at radius 1 is 0.958 bits per heavy atom. The summed E-state index contributed by atoms with van der Waals surface area (Å²) in [5.74, 6) is -0.935. The van der Waals surface area contributed by atoms with E-state index in [1.54, 1.807) is 18.2 Å². The van der Waals surface area contributed by atoms with Crippen LogP contribution in [0.15, 0.2) is 35.9 Å². The monoisotopic (exact) mass is 664 g/mol. The Kier molecular flexibility index (Phi) is 10.0. The van der Waals surface area contributed by atoms with E-state index in [9.17, 15) is 29.4 Å². The van der Waals surface area contributed by atoms with Crippen molar-refractivity contribution >= 4 is 23.5 Å². The molecule has 10 heteroatoms. The van der Waals surface area contributed by atoms with Crippen LogP contribution in [0.1, 0.15) is 81.6 Å². The van der Waals surface area contributed by atoms with Crippen LogP contribution >= 0.6 is 0 Å². The molecule has 1 aliphatic heterocycles. The highest BCUT2D eigenvalue weighted by Gasteiger charge is 2.68. The first kappa shape index (κ1) is 34.9. The molecule has 1 heterocycles. The van der Waals surface area contributed by atoms with Crippen LogP contribution in [0.25, 0.3) is 0 Å². The zero-order valence-electron chi connectivity index (χ0n) is 28.7. The molecule has 4 fully saturated rings. The Hall–Kier alpha value is -2.92. The van der Waals surface area contributed by atoms with E-state index in [2.05, 4.69) is 18.7 Å². The molecular weight excluding hydrogens is 612 g/mol. The van der Waals surface area contributed by atoms with Crippen LogP contribution in [0.3, 0.4) is 0 Å².